The van der Waals surface area contributed by atoms with Crippen LogP contribution in [0.2, 0.25) is 0 Å². The van der Waals surface area contributed by atoms with E-state index in [0.29, 0.717) is 0 Å². The van der Waals surface area contributed by atoms with Crippen LogP contribution in [0.3, 0.4) is 0 Å². The lowest BCUT2D eigenvalue weighted by atomic mass is 9.98. The van der Waals surface area contributed by atoms with Crippen LogP contribution in [-0.2, 0) is 6.42 Å². The molecule has 0 saturated heterocycles. The number of halogens is 1. The van der Waals surface area contributed by atoms with Crippen molar-refractivity contribution < 1.29 is 0 Å². The molecule has 0 N–H and O–H groups in total. The third-order valence-corrected chi connectivity index (χ3v) is 19.1. The van der Waals surface area contributed by atoms with Crippen LogP contribution in [-0.4, -0.2) is 0 Å². The van der Waals surface area contributed by atoms with Gasteiger partial charge in [-0.05, 0) is 169 Å². The first-order valence-electron chi connectivity index (χ1n) is 30.1. The Morgan fingerprint density at radius 1 is 0.213 bits per heavy atom. The Bertz CT molecular complexity index is 5040. The SMILES string of the molecule is Brc1cccc(-c2ccc3sc4ccccc4c3c2)c1.c1ccc(-c2ccc(Cc3cccc(-c4ccccc4)c3)cc2)cc1.c1ccc(-c2ccc(N(c3cccc(-c4ccccc4)c3)c3cccc(-c4ccc5sc6ccccc6c5c4)c3)cc2)cc1. The quantitative estimate of drug-likeness (QED) is 0.125. The molecule has 16 aromatic rings. The number of rotatable bonds is 11. The number of hydrogen-bond donors (Lipinski definition) is 0. The van der Waals surface area contributed by atoms with Crippen LogP contribution in [0.4, 0.5) is 17.1 Å². The van der Waals surface area contributed by atoms with Gasteiger partial charge in [-0.3, -0.25) is 0 Å². The van der Waals surface area contributed by atoms with Gasteiger partial charge in [-0.15, -0.1) is 22.7 Å². The van der Waals surface area contributed by atoms with Crippen LogP contribution >= 0.6 is 38.6 Å². The second-order valence-corrected chi connectivity index (χ2v) is 25.2. The van der Waals surface area contributed by atoms with E-state index < -0.39 is 0 Å². The van der Waals surface area contributed by atoms with E-state index in [1.165, 1.54) is 118 Å². The molecule has 4 heteroatoms. The van der Waals surface area contributed by atoms with Crippen molar-refractivity contribution >= 4 is 96.0 Å². The molecule has 89 heavy (non-hydrogen) atoms. The molecule has 0 spiro atoms. The zero-order chi connectivity index (χ0) is 59.7. The maximum Gasteiger partial charge on any atom is 0.0467 e. The highest BCUT2D eigenvalue weighted by molar-refractivity contribution is 9.10. The van der Waals surface area contributed by atoms with Crippen molar-refractivity contribution in [1.82, 2.24) is 0 Å². The predicted octanol–water partition coefficient (Wildman–Crippen LogP) is 25.6. The van der Waals surface area contributed by atoms with Crippen LogP contribution in [0.5, 0.6) is 0 Å². The molecule has 0 aliphatic heterocycles. The van der Waals surface area contributed by atoms with E-state index in [1.807, 2.05) is 22.7 Å². The molecule has 14 aromatic carbocycles. The molecule has 1 nitrogen and oxygen atoms in total. The van der Waals surface area contributed by atoms with Gasteiger partial charge in [0.25, 0.3) is 0 Å². The summed E-state index contributed by atoms with van der Waals surface area (Å²) in [6.07, 6.45) is 0.954. The van der Waals surface area contributed by atoms with Crippen molar-refractivity contribution in [3.63, 3.8) is 0 Å². The van der Waals surface area contributed by atoms with Crippen LogP contribution in [0.15, 0.2) is 356 Å². The highest BCUT2D eigenvalue weighted by Gasteiger charge is 2.16. The molecule has 424 valence electrons. The van der Waals surface area contributed by atoms with Crippen molar-refractivity contribution in [1.29, 1.82) is 0 Å². The number of hydrogen-bond acceptors (Lipinski definition) is 3. The summed E-state index contributed by atoms with van der Waals surface area (Å²) in [6.45, 7) is 0. The van der Waals surface area contributed by atoms with Crippen molar-refractivity contribution in [2.45, 2.75) is 6.42 Å². The molecule has 0 aliphatic rings. The van der Waals surface area contributed by atoms with Gasteiger partial charge >= 0.3 is 0 Å². The normalized spacial score (nSPS) is 11.0. The van der Waals surface area contributed by atoms with Gasteiger partial charge in [-0.2, -0.15) is 0 Å². The summed E-state index contributed by atoms with van der Waals surface area (Å²) in [5.41, 5.74) is 20.9. The van der Waals surface area contributed by atoms with E-state index in [2.05, 4.69) is 373 Å². The maximum atomic E-state index is 3.54. The minimum Gasteiger partial charge on any atom is -0.310 e. The molecule has 0 saturated carbocycles. The second-order valence-electron chi connectivity index (χ2n) is 22.1. The van der Waals surface area contributed by atoms with E-state index in [4.69, 9.17) is 0 Å². The Balaban J connectivity index is 0.000000129. The summed E-state index contributed by atoms with van der Waals surface area (Å²) >= 11 is 7.26. The summed E-state index contributed by atoms with van der Waals surface area (Å²) < 4.78 is 6.48. The first-order chi connectivity index (χ1) is 44.0. The molecule has 0 unspecified atom stereocenters. The third kappa shape index (κ3) is 12.9. The van der Waals surface area contributed by atoms with E-state index >= 15 is 0 Å². The average molecular weight is 1240 g/mol. The minimum absolute atomic E-state index is 0.954. The smallest absolute Gasteiger partial charge is 0.0467 e. The van der Waals surface area contributed by atoms with Crippen molar-refractivity contribution in [3.05, 3.63) is 367 Å². The molecule has 0 radical (unpaired) electrons. The van der Waals surface area contributed by atoms with Gasteiger partial charge in [0.2, 0.25) is 0 Å². The first-order valence-corrected chi connectivity index (χ1v) is 32.5. The Hall–Kier alpha value is -10.2. The van der Waals surface area contributed by atoms with Gasteiger partial charge in [0.1, 0.15) is 0 Å². The zero-order valence-electron chi connectivity index (χ0n) is 48.8. The fourth-order valence-corrected chi connectivity index (χ4v) is 14.4. The Kier molecular flexibility index (Phi) is 16.8. The van der Waals surface area contributed by atoms with E-state index in [9.17, 15) is 0 Å². The van der Waals surface area contributed by atoms with Gasteiger partial charge < -0.3 is 4.90 Å². The molecule has 0 fully saturated rings. The summed E-state index contributed by atoms with van der Waals surface area (Å²) in [5.74, 6) is 0. The summed E-state index contributed by atoms with van der Waals surface area (Å²) in [6, 6.07) is 126. The fourth-order valence-electron chi connectivity index (χ4n) is 11.8. The minimum atomic E-state index is 0.954. The molecule has 0 bridgehead atoms. The molecule has 0 aliphatic carbocycles. The standard InChI is InChI=1S/C42H29NS.C25H20.C18H11BrS/c1-3-11-30(12-4-1)32-21-24-36(25-22-32)43(37-17-9-15-33(27-37)31-13-5-2-6-14-31)38-18-10-16-34(28-38)35-23-26-42-40(29-35)39-19-7-8-20-41(39)44-42;1-3-9-22(10-4-1)24-16-14-20(15-17-24)18-21-8-7-13-25(19-21)23-11-5-2-6-12-23;19-14-5-3-4-12(10-14)13-8-9-18-16(11-13)15-6-1-2-7-17(15)20-18/h1-29H;1-17,19H,18H2;1-11H. The van der Waals surface area contributed by atoms with E-state index in [1.54, 1.807) is 0 Å². The van der Waals surface area contributed by atoms with Gasteiger partial charge in [0.15, 0.2) is 0 Å². The Morgan fingerprint density at radius 2 is 0.551 bits per heavy atom. The van der Waals surface area contributed by atoms with E-state index in [0.717, 1.165) is 28.0 Å². The van der Waals surface area contributed by atoms with Gasteiger partial charge in [0.05, 0.1) is 0 Å². The predicted molar refractivity (Wildman–Crippen MR) is 389 cm³/mol. The third-order valence-electron chi connectivity index (χ3n) is 16.3. The van der Waals surface area contributed by atoms with Crippen LogP contribution in [0.25, 0.3) is 107 Å². The van der Waals surface area contributed by atoms with Crippen LogP contribution in [0.1, 0.15) is 11.1 Å². The van der Waals surface area contributed by atoms with E-state index in [-0.39, 0.29) is 0 Å². The average Bonchev–Trinajstić information content (AvgIpc) is 2.30. The molecular weight excluding hydrogens is 1180 g/mol. The monoisotopic (exact) mass is 1240 g/mol. The topological polar surface area (TPSA) is 3.24 Å². The number of nitrogens with zero attached hydrogens (tertiary/aromatic N) is 1. The lowest BCUT2D eigenvalue weighted by Gasteiger charge is -2.27. The fraction of sp³-hybridized carbons (Fsp3) is 0.0118. The van der Waals surface area contributed by atoms with Gasteiger partial charge in [-0.25, -0.2) is 0 Å². The van der Waals surface area contributed by atoms with Crippen LogP contribution < -0.4 is 4.90 Å². The second kappa shape index (κ2) is 26.4. The number of thiophene rings is 2. The molecule has 2 aromatic heterocycles. The lowest BCUT2D eigenvalue weighted by molar-refractivity contribution is 1.19. The maximum absolute atomic E-state index is 3.54. The van der Waals surface area contributed by atoms with Gasteiger partial charge in [0, 0.05) is 61.9 Å². The van der Waals surface area contributed by atoms with Crippen LogP contribution in [0, 0.1) is 0 Å². The summed E-state index contributed by atoms with van der Waals surface area (Å²) in [5, 5.41) is 5.34. The molecular formula is C85H60BrNS2. The summed E-state index contributed by atoms with van der Waals surface area (Å²) in [4.78, 5) is 2.36. The number of benzene rings is 14. The Labute approximate surface area is 537 Å². The number of fused-ring (bicyclic) bond motifs is 6. The zero-order valence-corrected chi connectivity index (χ0v) is 52.1. The van der Waals surface area contributed by atoms with Crippen molar-refractivity contribution in [2.24, 2.45) is 0 Å². The highest BCUT2D eigenvalue weighted by atomic mass is 79.9. The molecule has 0 amide bonds. The first kappa shape index (κ1) is 56.6. The Morgan fingerprint density at radius 3 is 1.03 bits per heavy atom. The molecule has 2 heterocycles. The summed E-state index contributed by atoms with van der Waals surface area (Å²) in [7, 11) is 0. The van der Waals surface area contributed by atoms with Crippen molar-refractivity contribution in [2.75, 3.05) is 4.90 Å². The largest absolute Gasteiger partial charge is 0.310 e. The number of anilines is 3. The lowest BCUT2D eigenvalue weighted by Crippen LogP contribution is -2.10. The van der Waals surface area contributed by atoms with Crippen molar-refractivity contribution in [3.8, 4) is 66.8 Å². The highest BCUT2D eigenvalue weighted by Crippen LogP contribution is 2.42. The molecule has 16 rings (SSSR count). The molecule has 0 atom stereocenters. The van der Waals surface area contributed by atoms with Gasteiger partial charge in [-0.1, -0.05) is 283 Å².